The molecule has 1 amide bonds. The number of anilines is 1. The highest BCUT2D eigenvalue weighted by atomic mass is 16.5. The van der Waals surface area contributed by atoms with Crippen LogP contribution in [0.2, 0.25) is 0 Å². The van der Waals surface area contributed by atoms with E-state index in [0.717, 1.165) is 11.3 Å². The lowest BCUT2D eigenvalue weighted by Gasteiger charge is -2.14. The first-order chi connectivity index (χ1) is 6.65. The van der Waals surface area contributed by atoms with Crippen molar-refractivity contribution in [2.75, 3.05) is 12.4 Å². The summed E-state index contributed by atoms with van der Waals surface area (Å²) in [6.07, 6.45) is -0.0157. The van der Waals surface area contributed by atoms with E-state index in [9.17, 15) is 4.79 Å². The molecule has 0 saturated carbocycles. The number of carbonyl (C=O) groups excluding carboxylic acids is 1. The van der Waals surface area contributed by atoms with Gasteiger partial charge >= 0.3 is 0 Å². The number of ether oxygens (including phenoxy) is 1. The minimum absolute atomic E-state index is 0.0157. The Morgan fingerprint density at radius 3 is 2.64 bits per heavy atom. The molecule has 0 bridgehead atoms. The highest BCUT2D eigenvalue weighted by molar-refractivity contribution is 5.89. The van der Waals surface area contributed by atoms with Crippen LogP contribution < -0.4 is 5.32 Å². The van der Waals surface area contributed by atoms with Crippen molar-refractivity contribution in [3.05, 3.63) is 29.8 Å². The van der Waals surface area contributed by atoms with Gasteiger partial charge in [-0.15, -0.1) is 0 Å². The Balaban J connectivity index is 2.96. The summed E-state index contributed by atoms with van der Waals surface area (Å²) in [6.45, 7) is 3.44. The molecule has 1 unspecified atom stereocenters. The van der Waals surface area contributed by atoms with E-state index in [1.165, 1.54) is 6.92 Å². The van der Waals surface area contributed by atoms with Crippen LogP contribution in [-0.4, -0.2) is 13.0 Å². The Morgan fingerprint density at radius 2 is 2.07 bits per heavy atom. The summed E-state index contributed by atoms with van der Waals surface area (Å²) < 4.78 is 5.21. The van der Waals surface area contributed by atoms with Crippen LogP contribution in [0.15, 0.2) is 24.3 Å². The minimum atomic E-state index is -0.0687. The van der Waals surface area contributed by atoms with Gasteiger partial charge < -0.3 is 10.1 Å². The third-order valence-electron chi connectivity index (χ3n) is 2.06. The zero-order chi connectivity index (χ0) is 10.6. The van der Waals surface area contributed by atoms with Gasteiger partial charge in [0.1, 0.15) is 0 Å². The molecule has 0 aliphatic rings. The number of hydrogen-bond acceptors (Lipinski definition) is 2. The Labute approximate surface area is 84.1 Å². The van der Waals surface area contributed by atoms with E-state index in [1.54, 1.807) is 7.11 Å². The quantitative estimate of drug-likeness (QED) is 0.800. The van der Waals surface area contributed by atoms with E-state index in [-0.39, 0.29) is 12.0 Å². The molecule has 1 N–H and O–H groups in total. The average molecular weight is 193 g/mol. The lowest BCUT2D eigenvalue weighted by Crippen LogP contribution is -2.09. The first-order valence-corrected chi connectivity index (χ1v) is 4.54. The summed E-state index contributed by atoms with van der Waals surface area (Å²) in [5.74, 6) is -0.0687. The molecule has 0 spiro atoms. The largest absolute Gasteiger partial charge is 0.377 e. The van der Waals surface area contributed by atoms with Crippen LogP contribution in [0.1, 0.15) is 25.5 Å². The van der Waals surface area contributed by atoms with Crippen LogP contribution in [0.4, 0.5) is 5.69 Å². The van der Waals surface area contributed by atoms with Crippen LogP contribution in [0.5, 0.6) is 0 Å². The van der Waals surface area contributed by atoms with E-state index in [1.807, 2.05) is 31.2 Å². The maximum Gasteiger partial charge on any atom is 0.221 e. The van der Waals surface area contributed by atoms with Gasteiger partial charge in [0, 0.05) is 25.3 Å². The third-order valence-corrected chi connectivity index (χ3v) is 2.06. The number of carbonyl (C=O) groups is 1. The molecule has 0 aromatic heterocycles. The lowest BCUT2D eigenvalue weighted by atomic mass is 10.1. The molecular weight excluding hydrogens is 178 g/mol. The molecule has 0 radical (unpaired) electrons. The molecular formula is C11H15NO2. The average Bonchev–Trinajstić information content (AvgIpc) is 2.16. The van der Waals surface area contributed by atoms with Crippen molar-refractivity contribution in [1.82, 2.24) is 0 Å². The van der Waals surface area contributed by atoms with E-state index in [0.29, 0.717) is 0 Å². The second kappa shape index (κ2) is 4.77. The predicted molar refractivity (Wildman–Crippen MR) is 56.2 cm³/mol. The normalized spacial score (nSPS) is 12.2. The van der Waals surface area contributed by atoms with Gasteiger partial charge in [0.05, 0.1) is 6.10 Å². The van der Waals surface area contributed by atoms with Crippen molar-refractivity contribution in [1.29, 1.82) is 0 Å². The van der Waals surface area contributed by atoms with Crippen molar-refractivity contribution in [2.24, 2.45) is 0 Å². The smallest absolute Gasteiger partial charge is 0.221 e. The SMILES string of the molecule is COC(C)c1ccccc1NC(C)=O. The van der Waals surface area contributed by atoms with E-state index in [4.69, 9.17) is 4.74 Å². The van der Waals surface area contributed by atoms with Gasteiger partial charge in [-0.1, -0.05) is 18.2 Å². The van der Waals surface area contributed by atoms with Crippen LogP contribution in [0.25, 0.3) is 0 Å². The molecule has 3 nitrogen and oxygen atoms in total. The van der Waals surface area contributed by atoms with E-state index in [2.05, 4.69) is 5.32 Å². The summed E-state index contributed by atoms with van der Waals surface area (Å²) in [4.78, 5) is 10.9. The summed E-state index contributed by atoms with van der Waals surface area (Å²) in [7, 11) is 1.65. The third kappa shape index (κ3) is 2.57. The monoisotopic (exact) mass is 193 g/mol. The zero-order valence-corrected chi connectivity index (χ0v) is 8.70. The second-order valence-corrected chi connectivity index (χ2v) is 3.15. The highest BCUT2D eigenvalue weighted by Gasteiger charge is 2.09. The Kier molecular flexibility index (Phi) is 3.65. The van der Waals surface area contributed by atoms with Crippen molar-refractivity contribution < 1.29 is 9.53 Å². The molecule has 0 fully saturated rings. The van der Waals surface area contributed by atoms with Gasteiger partial charge in [0.25, 0.3) is 0 Å². The topological polar surface area (TPSA) is 38.3 Å². The molecule has 0 aliphatic heterocycles. The molecule has 1 atom stereocenters. The Hall–Kier alpha value is -1.35. The first kappa shape index (κ1) is 10.7. The van der Waals surface area contributed by atoms with Crippen molar-refractivity contribution in [2.45, 2.75) is 20.0 Å². The number of benzene rings is 1. The fraction of sp³-hybridized carbons (Fsp3) is 0.364. The maximum absolute atomic E-state index is 10.9. The number of amides is 1. The Morgan fingerprint density at radius 1 is 1.43 bits per heavy atom. The molecule has 1 aromatic carbocycles. The number of methoxy groups -OCH3 is 1. The van der Waals surface area contributed by atoms with Gasteiger partial charge in [-0.25, -0.2) is 0 Å². The molecule has 1 aromatic rings. The first-order valence-electron chi connectivity index (χ1n) is 4.54. The van der Waals surface area contributed by atoms with E-state index >= 15 is 0 Å². The molecule has 14 heavy (non-hydrogen) atoms. The highest BCUT2D eigenvalue weighted by Crippen LogP contribution is 2.24. The minimum Gasteiger partial charge on any atom is -0.377 e. The van der Waals surface area contributed by atoms with Gasteiger partial charge in [-0.05, 0) is 13.0 Å². The van der Waals surface area contributed by atoms with Crippen LogP contribution in [0.3, 0.4) is 0 Å². The molecule has 76 valence electrons. The summed E-state index contributed by atoms with van der Waals surface area (Å²) in [5, 5.41) is 2.77. The van der Waals surface area contributed by atoms with Crippen LogP contribution >= 0.6 is 0 Å². The van der Waals surface area contributed by atoms with Crippen LogP contribution in [0, 0.1) is 0 Å². The number of hydrogen-bond donors (Lipinski definition) is 1. The molecule has 0 saturated heterocycles. The second-order valence-electron chi connectivity index (χ2n) is 3.15. The molecule has 0 heterocycles. The molecule has 3 heteroatoms. The summed E-state index contributed by atoms with van der Waals surface area (Å²) in [5.41, 5.74) is 1.81. The van der Waals surface area contributed by atoms with Gasteiger partial charge in [0.2, 0.25) is 5.91 Å². The molecule has 1 rings (SSSR count). The van der Waals surface area contributed by atoms with E-state index < -0.39 is 0 Å². The number of para-hydroxylation sites is 1. The lowest BCUT2D eigenvalue weighted by molar-refractivity contribution is -0.114. The maximum atomic E-state index is 10.9. The number of rotatable bonds is 3. The van der Waals surface area contributed by atoms with Crippen LogP contribution in [-0.2, 0) is 9.53 Å². The predicted octanol–water partition coefficient (Wildman–Crippen LogP) is 2.35. The van der Waals surface area contributed by atoms with Gasteiger partial charge in [-0.2, -0.15) is 0 Å². The van der Waals surface area contributed by atoms with Gasteiger partial charge in [0.15, 0.2) is 0 Å². The Bertz CT molecular complexity index is 323. The standard InChI is InChI=1S/C11H15NO2/c1-8(14-3)10-6-4-5-7-11(10)12-9(2)13/h4-8H,1-3H3,(H,12,13). The summed E-state index contributed by atoms with van der Waals surface area (Å²) in [6, 6.07) is 7.62. The van der Waals surface area contributed by atoms with Crippen molar-refractivity contribution in [3.63, 3.8) is 0 Å². The summed E-state index contributed by atoms with van der Waals surface area (Å²) >= 11 is 0. The van der Waals surface area contributed by atoms with Crippen molar-refractivity contribution >= 4 is 11.6 Å². The fourth-order valence-corrected chi connectivity index (χ4v) is 1.28. The van der Waals surface area contributed by atoms with Gasteiger partial charge in [-0.3, -0.25) is 4.79 Å². The molecule has 0 aliphatic carbocycles. The van der Waals surface area contributed by atoms with Crippen molar-refractivity contribution in [3.8, 4) is 0 Å². The fourth-order valence-electron chi connectivity index (χ4n) is 1.28. The zero-order valence-electron chi connectivity index (χ0n) is 8.70. The number of nitrogens with one attached hydrogen (secondary N) is 1.